The van der Waals surface area contributed by atoms with Crippen LogP contribution in [0.25, 0.3) is 11.3 Å². The van der Waals surface area contributed by atoms with Crippen LogP contribution in [-0.2, 0) is 6.54 Å². The summed E-state index contributed by atoms with van der Waals surface area (Å²) in [5.74, 6) is 0. The van der Waals surface area contributed by atoms with Gasteiger partial charge in [0.05, 0.1) is 5.69 Å². The number of aromatic nitrogens is 2. The van der Waals surface area contributed by atoms with E-state index in [-0.39, 0.29) is 5.56 Å². The molecule has 0 radical (unpaired) electrons. The minimum absolute atomic E-state index is 0.104. The van der Waals surface area contributed by atoms with Crippen LogP contribution in [0.15, 0.2) is 65.7 Å². The lowest BCUT2D eigenvalue weighted by molar-refractivity contribution is 0.249. The highest BCUT2D eigenvalue weighted by molar-refractivity contribution is 6.30. The minimum Gasteiger partial charge on any atom is -0.369 e. The summed E-state index contributed by atoms with van der Waals surface area (Å²) >= 11 is 5.97. The van der Waals surface area contributed by atoms with Gasteiger partial charge in [-0.3, -0.25) is 14.7 Å². The lowest BCUT2D eigenvalue weighted by Crippen LogP contribution is -2.45. The van der Waals surface area contributed by atoms with Gasteiger partial charge in [-0.05, 0) is 42.0 Å². The van der Waals surface area contributed by atoms with Gasteiger partial charge in [-0.25, -0.2) is 0 Å². The zero-order valence-corrected chi connectivity index (χ0v) is 15.7. The molecule has 2 aromatic heterocycles. The average molecular weight is 381 g/mol. The summed E-state index contributed by atoms with van der Waals surface area (Å²) < 4.78 is 0. The van der Waals surface area contributed by atoms with Crippen molar-refractivity contribution in [3.63, 3.8) is 0 Å². The van der Waals surface area contributed by atoms with Crippen LogP contribution in [0.1, 0.15) is 5.56 Å². The lowest BCUT2D eigenvalue weighted by atomic mass is 10.1. The van der Waals surface area contributed by atoms with E-state index in [1.807, 2.05) is 24.4 Å². The van der Waals surface area contributed by atoms with E-state index in [1.165, 1.54) is 17.3 Å². The summed E-state index contributed by atoms with van der Waals surface area (Å²) in [6.07, 6.45) is 3.62. The van der Waals surface area contributed by atoms with Crippen molar-refractivity contribution in [2.75, 3.05) is 31.1 Å². The van der Waals surface area contributed by atoms with Gasteiger partial charge in [-0.15, -0.1) is 0 Å². The van der Waals surface area contributed by atoms with E-state index in [0.29, 0.717) is 0 Å². The third-order valence-corrected chi connectivity index (χ3v) is 5.13. The Bertz CT molecular complexity index is 925. The Morgan fingerprint density at radius 3 is 2.37 bits per heavy atom. The molecule has 0 unspecified atom stereocenters. The number of rotatable bonds is 4. The van der Waals surface area contributed by atoms with Gasteiger partial charge < -0.3 is 9.88 Å². The Morgan fingerprint density at radius 1 is 0.963 bits per heavy atom. The fourth-order valence-corrected chi connectivity index (χ4v) is 3.46. The quantitative estimate of drug-likeness (QED) is 0.753. The van der Waals surface area contributed by atoms with Crippen molar-refractivity contribution in [3.05, 3.63) is 81.9 Å². The second-order valence-electron chi connectivity index (χ2n) is 6.73. The molecule has 6 heteroatoms. The molecule has 0 amide bonds. The number of anilines is 1. The Morgan fingerprint density at radius 2 is 1.74 bits per heavy atom. The molecule has 0 spiro atoms. The molecule has 0 saturated carbocycles. The first-order chi connectivity index (χ1) is 13.2. The number of nitrogens with zero attached hydrogens (tertiary/aromatic N) is 3. The molecule has 1 saturated heterocycles. The monoisotopic (exact) mass is 380 g/mol. The second kappa shape index (κ2) is 7.94. The predicted molar refractivity (Wildman–Crippen MR) is 109 cm³/mol. The zero-order valence-electron chi connectivity index (χ0n) is 14.9. The van der Waals surface area contributed by atoms with E-state index in [0.717, 1.165) is 49.0 Å². The van der Waals surface area contributed by atoms with Crippen LogP contribution in [0.2, 0.25) is 5.02 Å². The fourth-order valence-electron chi connectivity index (χ4n) is 3.33. The molecule has 138 valence electrons. The molecule has 1 aliphatic heterocycles. The Hall–Kier alpha value is -2.63. The summed E-state index contributed by atoms with van der Waals surface area (Å²) in [5.41, 5.74) is 4.10. The van der Waals surface area contributed by atoms with Gasteiger partial charge in [-0.1, -0.05) is 17.7 Å². The highest BCUT2D eigenvalue weighted by Gasteiger charge is 2.17. The first-order valence-corrected chi connectivity index (χ1v) is 9.42. The van der Waals surface area contributed by atoms with Gasteiger partial charge in [-0.2, -0.15) is 0 Å². The molecule has 1 fully saturated rings. The van der Waals surface area contributed by atoms with Crippen molar-refractivity contribution in [1.29, 1.82) is 0 Å². The van der Waals surface area contributed by atoms with Crippen molar-refractivity contribution in [3.8, 4) is 11.3 Å². The fraction of sp³-hybridized carbons (Fsp3) is 0.238. The number of piperazine rings is 1. The molecule has 3 heterocycles. The first kappa shape index (κ1) is 17.8. The normalized spacial score (nSPS) is 15.1. The van der Waals surface area contributed by atoms with Crippen molar-refractivity contribution in [2.45, 2.75) is 6.54 Å². The summed E-state index contributed by atoms with van der Waals surface area (Å²) in [7, 11) is 0. The minimum atomic E-state index is -0.104. The van der Waals surface area contributed by atoms with Crippen LogP contribution >= 0.6 is 11.6 Å². The first-order valence-electron chi connectivity index (χ1n) is 9.04. The lowest BCUT2D eigenvalue weighted by Gasteiger charge is -2.36. The summed E-state index contributed by atoms with van der Waals surface area (Å²) in [4.78, 5) is 23.2. The van der Waals surface area contributed by atoms with Gasteiger partial charge in [0.2, 0.25) is 5.56 Å². The van der Waals surface area contributed by atoms with Crippen molar-refractivity contribution >= 4 is 17.3 Å². The summed E-state index contributed by atoms with van der Waals surface area (Å²) in [6, 6.07) is 15.5. The van der Waals surface area contributed by atoms with Crippen LogP contribution in [0.3, 0.4) is 0 Å². The molecular formula is C21H21ClN4O. The van der Waals surface area contributed by atoms with Crippen LogP contribution in [0.4, 0.5) is 5.69 Å². The Kier molecular flexibility index (Phi) is 5.23. The SMILES string of the molecule is O=c1ccc(-c2ccc(CN3CCN(c4ccc(Cl)cc4)CC3)cn2)c[nH]1. The van der Waals surface area contributed by atoms with Crippen molar-refractivity contribution < 1.29 is 0 Å². The maximum atomic E-state index is 11.2. The molecule has 1 N–H and O–H groups in total. The van der Waals surface area contributed by atoms with Crippen LogP contribution in [0.5, 0.6) is 0 Å². The third-order valence-electron chi connectivity index (χ3n) is 4.87. The number of aromatic amines is 1. The molecule has 4 rings (SSSR count). The van der Waals surface area contributed by atoms with Crippen molar-refractivity contribution in [2.24, 2.45) is 0 Å². The highest BCUT2D eigenvalue weighted by atomic mass is 35.5. The van der Waals surface area contributed by atoms with Crippen LogP contribution < -0.4 is 10.5 Å². The van der Waals surface area contributed by atoms with E-state index < -0.39 is 0 Å². The van der Waals surface area contributed by atoms with Crippen molar-refractivity contribution in [1.82, 2.24) is 14.9 Å². The number of pyridine rings is 2. The topological polar surface area (TPSA) is 52.2 Å². The van der Waals surface area contributed by atoms with Gasteiger partial charge in [0.15, 0.2) is 0 Å². The van der Waals surface area contributed by atoms with Gasteiger partial charge in [0, 0.05) is 67.5 Å². The molecule has 27 heavy (non-hydrogen) atoms. The molecule has 5 nitrogen and oxygen atoms in total. The zero-order chi connectivity index (χ0) is 18.6. The van der Waals surface area contributed by atoms with Gasteiger partial charge in [0.25, 0.3) is 0 Å². The maximum absolute atomic E-state index is 11.2. The molecule has 0 aliphatic carbocycles. The Balaban J connectivity index is 1.34. The average Bonchev–Trinajstić information content (AvgIpc) is 2.71. The number of H-pyrrole nitrogens is 1. The molecule has 1 aliphatic rings. The standard InChI is InChI=1S/C21H21ClN4O/c22-18-3-5-19(6-4-18)26-11-9-25(10-12-26)15-16-1-7-20(23-13-16)17-2-8-21(27)24-14-17/h1-8,13-14H,9-12,15H2,(H,24,27). The molecule has 0 atom stereocenters. The third kappa shape index (κ3) is 4.38. The number of hydrogen-bond donors (Lipinski definition) is 1. The number of nitrogens with one attached hydrogen (secondary N) is 1. The smallest absolute Gasteiger partial charge is 0.247 e. The van der Waals surface area contributed by atoms with E-state index >= 15 is 0 Å². The summed E-state index contributed by atoms with van der Waals surface area (Å²) in [5, 5.41) is 0.773. The number of hydrogen-bond acceptors (Lipinski definition) is 4. The predicted octanol–water partition coefficient (Wildman–Crippen LogP) is 3.41. The molecule has 3 aromatic rings. The van der Waals surface area contributed by atoms with E-state index in [4.69, 9.17) is 11.6 Å². The molecule has 0 bridgehead atoms. The summed E-state index contributed by atoms with van der Waals surface area (Å²) in [6.45, 7) is 4.94. The molecule has 1 aromatic carbocycles. The van der Waals surface area contributed by atoms with Crippen LogP contribution in [0, 0.1) is 0 Å². The maximum Gasteiger partial charge on any atom is 0.247 e. The largest absolute Gasteiger partial charge is 0.369 e. The van der Waals surface area contributed by atoms with E-state index in [9.17, 15) is 4.79 Å². The van der Waals surface area contributed by atoms with E-state index in [1.54, 1.807) is 12.3 Å². The molecular weight excluding hydrogens is 360 g/mol. The van der Waals surface area contributed by atoms with Crippen LogP contribution in [-0.4, -0.2) is 41.0 Å². The Labute approximate surface area is 163 Å². The second-order valence-corrected chi connectivity index (χ2v) is 7.17. The van der Waals surface area contributed by atoms with Gasteiger partial charge in [0.1, 0.15) is 0 Å². The van der Waals surface area contributed by atoms with E-state index in [2.05, 4.69) is 38.0 Å². The highest BCUT2D eigenvalue weighted by Crippen LogP contribution is 2.20. The number of benzene rings is 1. The van der Waals surface area contributed by atoms with Gasteiger partial charge >= 0.3 is 0 Å². The number of halogens is 1.